The second kappa shape index (κ2) is 4.94. The number of nitrogens with two attached hydrogens (primary N) is 1. The number of hydrogen-bond acceptors (Lipinski definition) is 3. The molecule has 1 aromatic rings. The SMILES string of the molecule is Nc1c(Br)ccc(OC(F)(F)F)c1OC(F)F. The van der Waals surface area contributed by atoms with Crippen LogP contribution in [0, 0.1) is 0 Å². The van der Waals surface area contributed by atoms with Crippen LogP contribution in [0.5, 0.6) is 11.5 Å². The summed E-state index contributed by atoms with van der Waals surface area (Å²) >= 11 is 2.86. The maximum atomic E-state index is 12.0. The highest BCUT2D eigenvalue weighted by atomic mass is 79.9. The van der Waals surface area contributed by atoms with Crippen molar-refractivity contribution in [2.45, 2.75) is 13.0 Å². The molecule has 96 valence electrons. The number of halogens is 6. The number of anilines is 1. The normalized spacial score (nSPS) is 11.7. The smallest absolute Gasteiger partial charge is 0.429 e. The summed E-state index contributed by atoms with van der Waals surface area (Å²) in [5.74, 6) is -1.80. The van der Waals surface area contributed by atoms with Crippen molar-refractivity contribution in [2.75, 3.05) is 5.73 Å². The fourth-order valence-corrected chi connectivity index (χ4v) is 1.28. The first-order chi connectivity index (χ1) is 7.70. The fraction of sp³-hybridized carbons (Fsp3) is 0.250. The minimum Gasteiger partial charge on any atom is -0.429 e. The minimum atomic E-state index is -5.03. The molecule has 0 radical (unpaired) electrons. The molecule has 9 heteroatoms. The van der Waals surface area contributed by atoms with E-state index in [-0.39, 0.29) is 4.47 Å². The van der Waals surface area contributed by atoms with Crippen molar-refractivity contribution < 1.29 is 31.4 Å². The lowest BCUT2D eigenvalue weighted by atomic mass is 10.3. The lowest BCUT2D eigenvalue weighted by Crippen LogP contribution is -2.18. The summed E-state index contributed by atoms with van der Waals surface area (Å²) < 4.78 is 67.5. The molecule has 0 aliphatic carbocycles. The molecule has 0 aliphatic heterocycles. The van der Waals surface area contributed by atoms with E-state index in [1.54, 1.807) is 0 Å². The van der Waals surface area contributed by atoms with Crippen LogP contribution < -0.4 is 15.2 Å². The minimum absolute atomic E-state index is 0.114. The number of ether oxygens (including phenoxy) is 2. The Bertz CT molecular complexity index is 410. The van der Waals surface area contributed by atoms with Gasteiger partial charge in [-0.15, -0.1) is 13.2 Å². The quantitative estimate of drug-likeness (QED) is 0.684. The van der Waals surface area contributed by atoms with Crippen LogP contribution in [0.15, 0.2) is 16.6 Å². The number of benzene rings is 1. The number of alkyl halides is 5. The van der Waals surface area contributed by atoms with Crippen LogP contribution in [0.4, 0.5) is 27.6 Å². The van der Waals surface area contributed by atoms with Crippen LogP contribution in [0.25, 0.3) is 0 Å². The molecule has 0 fully saturated rings. The first-order valence-corrected chi connectivity index (χ1v) is 4.78. The molecule has 0 bridgehead atoms. The largest absolute Gasteiger partial charge is 0.573 e. The average molecular weight is 322 g/mol. The summed E-state index contributed by atoms with van der Waals surface area (Å²) in [6.07, 6.45) is -5.03. The molecular weight excluding hydrogens is 317 g/mol. The van der Waals surface area contributed by atoms with Gasteiger partial charge in [0.15, 0.2) is 11.5 Å². The molecule has 0 amide bonds. The van der Waals surface area contributed by atoms with Crippen molar-refractivity contribution in [3.05, 3.63) is 16.6 Å². The Morgan fingerprint density at radius 3 is 2.29 bits per heavy atom. The fourth-order valence-electron chi connectivity index (χ4n) is 0.971. The van der Waals surface area contributed by atoms with Gasteiger partial charge < -0.3 is 15.2 Å². The highest BCUT2D eigenvalue weighted by Crippen LogP contribution is 2.41. The molecule has 0 saturated carbocycles. The van der Waals surface area contributed by atoms with Gasteiger partial charge in [0.2, 0.25) is 0 Å². The second-order valence-electron chi connectivity index (χ2n) is 2.71. The summed E-state index contributed by atoms with van der Waals surface area (Å²) in [6.45, 7) is -3.32. The van der Waals surface area contributed by atoms with Gasteiger partial charge >= 0.3 is 13.0 Å². The Balaban J connectivity index is 3.15. The standard InChI is InChI=1S/C8H5BrF5NO2/c9-3-1-2-4(17-8(12,13)14)6(5(3)15)16-7(10)11/h1-2,7H,15H2. The molecule has 1 rings (SSSR count). The third-order valence-electron chi connectivity index (χ3n) is 1.54. The van der Waals surface area contributed by atoms with Gasteiger partial charge in [0.25, 0.3) is 0 Å². The van der Waals surface area contributed by atoms with E-state index >= 15 is 0 Å². The number of nitrogen functional groups attached to an aromatic ring is 1. The van der Waals surface area contributed by atoms with Gasteiger partial charge in [-0.1, -0.05) is 0 Å². The van der Waals surface area contributed by atoms with E-state index < -0.39 is 30.2 Å². The van der Waals surface area contributed by atoms with Crippen molar-refractivity contribution in [1.29, 1.82) is 0 Å². The molecule has 0 unspecified atom stereocenters. The Hall–Kier alpha value is -1.25. The van der Waals surface area contributed by atoms with Gasteiger partial charge in [0.05, 0.1) is 5.69 Å². The Morgan fingerprint density at radius 1 is 1.24 bits per heavy atom. The van der Waals surface area contributed by atoms with Crippen LogP contribution in [0.2, 0.25) is 0 Å². The second-order valence-corrected chi connectivity index (χ2v) is 3.57. The predicted molar refractivity (Wildman–Crippen MR) is 51.9 cm³/mol. The maximum absolute atomic E-state index is 12.0. The summed E-state index contributed by atoms with van der Waals surface area (Å²) in [7, 11) is 0. The average Bonchev–Trinajstić information content (AvgIpc) is 2.15. The lowest BCUT2D eigenvalue weighted by Gasteiger charge is -2.15. The van der Waals surface area contributed by atoms with Gasteiger partial charge in [0.1, 0.15) is 0 Å². The van der Waals surface area contributed by atoms with E-state index in [2.05, 4.69) is 25.4 Å². The Morgan fingerprint density at radius 2 is 1.82 bits per heavy atom. The molecule has 0 aliphatic rings. The van der Waals surface area contributed by atoms with E-state index in [0.717, 1.165) is 12.1 Å². The van der Waals surface area contributed by atoms with Gasteiger partial charge in [-0.05, 0) is 28.1 Å². The van der Waals surface area contributed by atoms with Crippen LogP contribution >= 0.6 is 15.9 Å². The summed E-state index contributed by atoms with van der Waals surface area (Å²) in [4.78, 5) is 0. The monoisotopic (exact) mass is 321 g/mol. The number of rotatable bonds is 3. The van der Waals surface area contributed by atoms with Crippen molar-refractivity contribution >= 4 is 21.6 Å². The molecule has 1 aromatic carbocycles. The van der Waals surface area contributed by atoms with Gasteiger partial charge in [-0.25, -0.2) is 0 Å². The lowest BCUT2D eigenvalue weighted by molar-refractivity contribution is -0.275. The van der Waals surface area contributed by atoms with Crippen molar-refractivity contribution in [2.24, 2.45) is 0 Å². The van der Waals surface area contributed by atoms with Crippen molar-refractivity contribution in [3.8, 4) is 11.5 Å². The van der Waals surface area contributed by atoms with Gasteiger partial charge in [-0.3, -0.25) is 0 Å². The Labute approximate surface area is 100 Å². The molecular formula is C8H5BrF5NO2. The van der Waals surface area contributed by atoms with Gasteiger partial charge in [0, 0.05) is 4.47 Å². The molecule has 2 N–H and O–H groups in total. The zero-order chi connectivity index (χ0) is 13.2. The maximum Gasteiger partial charge on any atom is 0.573 e. The number of hydrogen-bond donors (Lipinski definition) is 1. The molecule has 0 saturated heterocycles. The van der Waals surface area contributed by atoms with Crippen LogP contribution in [-0.4, -0.2) is 13.0 Å². The highest BCUT2D eigenvalue weighted by molar-refractivity contribution is 9.10. The zero-order valence-electron chi connectivity index (χ0n) is 7.89. The van der Waals surface area contributed by atoms with E-state index in [0.29, 0.717) is 0 Å². The zero-order valence-corrected chi connectivity index (χ0v) is 9.48. The Kier molecular flexibility index (Phi) is 4.02. The summed E-state index contributed by atoms with van der Waals surface area (Å²) in [5.41, 5.74) is 4.89. The predicted octanol–water partition coefficient (Wildman–Crippen LogP) is 3.53. The van der Waals surface area contributed by atoms with E-state index in [4.69, 9.17) is 5.73 Å². The van der Waals surface area contributed by atoms with E-state index in [9.17, 15) is 22.0 Å². The topological polar surface area (TPSA) is 44.5 Å². The van der Waals surface area contributed by atoms with E-state index in [1.165, 1.54) is 0 Å². The third kappa shape index (κ3) is 3.91. The van der Waals surface area contributed by atoms with E-state index in [1.807, 2.05) is 0 Å². The van der Waals surface area contributed by atoms with Crippen LogP contribution in [0.3, 0.4) is 0 Å². The molecule has 0 atom stereocenters. The molecule has 17 heavy (non-hydrogen) atoms. The molecule has 0 aromatic heterocycles. The molecule has 3 nitrogen and oxygen atoms in total. The highest BCUT2D eigenvalue weighted by Gasteiger charge is 2.33. The molecule has 0 heterocycles. The summed E-state index contributed by atoms with van der Waals surface area (Å²) in [5, 5.41) is 0. The summed E-state index contributed by atoms with van der Waals surface area (Å²) in [6, 6.07) is 1.93. The first-order valence-electron chi connectivity index (χ1n) is 3.99. The third-order valence-corrected chi connectivity index (χ3v) is 2.23. The van der Waals surface area contributed by atoms with Crippen molar-refractivity contribution in [3.63, 3.8) is 0 Å². The van der Waals surface area contributed by atoms with Crippen LogP contribution in [0.1, 0.15) is 0 Å². The molecule has 0 spiro atoms. The van der Waals surface area contributed by atoms with Crippen LogP contribution in [-0.2, 0) is 0 Å². The first kappa shape index (κ1) is 13.8. The van der Waals surface area contributed by atoms with Gasteiger partial charge in [-0.2, -0.15) is 8.78 Å². The van der Waals surface area contributed by atoms with Crippen molar-refractivity contribution in [1.82, 2.24) is 0 Å².